The van der Waals surface area contributed by atoms with E-state index in [1.165, 1.54) is 12.1 Å². The van der Waals surface area contributed by atoms with Gasteiger partial charge in [-0.05, 0) is 49.7 Å². The molecule has 6 nitrogen and oxygen atoms in total. The zero-order chi connectivity index (χ0) is 20.2. The highest BCUT2D eigenvalue weighted by Crippen LogP contribution is 2.27. The lowest BCUT2D eigenvalue weighted by Gasteiger charge is -2.20. The van der Waals surface area contributed by atoms with Crippen molar-refractivity contribution < 1.29 is 21.6 Å². The Bertz CT molecular complexity index is 987. The maximum absolute atomic E-state index is 13.1. The fourth-order valence-corrected chi connectivity index (χ4v) is 8.14. The summed E-state index contributed by atoms with van der Waals surface area (Å²) in [5, 5.41) is 2.17. The smallest absolute Gasteiger partial charge is 0.183 e. The minimum Gasteiger partial charge on any atom is -0.494 e. The number of nitrogens with one attached hydrogen (secondary N) is 1. The fourth-order valence-electron chi connectivity index (χ4n) is 3.43. The first-order chi connectivity index (χ1) is 13.3. The summed E-state index contributed by atoms with van der Waals surface area (Å²) in [5.74, 6) is 0.0619. The molecule has 1 saturated heterocycles. The number of ether oxygens (including phenoxy) is 1. The van der Waals surface area contributed by atoms with Crippen molar-refractivity contribution in [2.75, 3.05) is 24.7 Å². The first-order valence-corrected chi connectivity index (χ1v) is 12.6. The van der Waals surface area contributed by atoms with Crippen molar-refractivity contribution in [1.82, 2.24) is 5.32 Å². The van der Waals surface area contributed by atoms with Gasteiger partial charge in [-0.1, -0.05) is 30.3 Å². The van der Waals surface area contributed by atoms with Gasteiger partial charge in [-0.3, -0.25) is 0 Å². The van der Waals surface area contributed by atoms with Crippen molar-refractivity contribution >= 4 is 19.7 Å². The van der Waals surface area contributed by atoms with E-state index in [-0.39, 0.29) is 16.4 Å². The normalized spacial score (nSPS) is 21.5. The molecule has 1 heterocycles. The van der Waals surface area contributed by atoms with Crippen LogP contribution >= 0.6 is 0 Å². The van der Waals surface area contributed by atoms with Crippen LogP contribution in [0.2, 0.25) is 0 Å². The second-order valence-electron chi connectivity index (χ2n) is 6.86. The molecule has 2 atom stereocenters. The van der Waals surface area contributed by atoms with Crippen molar-refractivity contribution in [3.8, 4) is 5.75 Å². The third-order valence-corrected chi connectivity index (χ3v) is 8.99. The molecule has 28 heavy (non-hydrogen) atoms. The van der Waals surface area contributed by atoms with Crippen LogP contribution in [0.1, 0.15) is 12.5 Å². The second kappa shape index (κ2) is 8.63. The van der Waals surface area contributed by atoms with Gasteiger partial charge in [0, 0.05) is 6.04 Å². The second-order valence-corrected chi connectivity index (χ2v) is 11.2. The minimum atomic E-state index is -3.78. The number of hydrogen-bond donors (Lipinski definition) is 1. The van der Waals surface area contributed by atoms with E-state index in [1.54, 1.807) is 12.1 Å². The Morgan fingerprint density at radius 2 is 1.71 bits per heavy atom. The zero-order valence-electron chi connectivity index (χ0n) is 15.7. The lowest BCUT2D eigenvalue weighted by atomic mass is 10.1. The SMILES string of the molecule is CCOc1ccc(S(=O)(=O)C2CS(=O)(=O)CC2NCCc2ccccc2)cc1. The van der Waals surface area contributed by atoms with Gasteiger partial charge >= 0.3 is 0 Å². The zero-order valence-corrected chi connectivity index (χ0v) is 17.4. The Labute approximate surface area is 166 Å². The molecular weight excluding hydrogens is 398 g/mol. The van der Waals surface area contributed by atoms with Crippen molar-refractivity contribution in [1.29, 1.82) is 0 Å². The molecule has 0 spiro atoms. The number of benzene rings is 2. The van der Waals surface area contributed by atoms with Crippen LogP contribution in [0.25, 0.3) is 0 Å². The van der Waals surface area contributed by atoms with E-state index in [0.29, 0.717) is 25.3 Å². The largest absolute Gasteiger partial charge is 0.494 e. The van der Waals surface area contributed by atoms with Gasteiger partial charge in [-0.25, -0.2) is 16.8 Å². The van der Waals surface area contributed by atoms with Crippen molar-refractivity contribution in [2.24, 2.45) is 0 Å². The first-order valence-electron chi connectivity index (χ1n) is 9.26. The Morgan fingerprint density at radius 3 is 2.36 bits per heavy atom. The minimum absolute atomic E-state index is 0.118. The molecule has 0 bridgehead atoms. The third kappa shape index (κ3) is 4.92. The maximum atomic E-state index is 13.1. The molecule has 1 N–H and O–H groups in total. The average Bonchev–Trinajstić information content (AvgIpc) is 2.99. The van der Waals surface area contributed by atoms with E-state index < -0.39 is 31.0 Å². The van der Waals surface area contributed by atoms with Crippen LogP contribution in [0.15, 0.2) is 59.5 Å². The maximum Gasteiger partial charge on any atom is 0.183 e. The molecule has 0 aromatic heterocycles. The van der Waals surface area contributed by atoms with Crippen molar-refractivity contribution in [3.05, 3.63) is 60.2 Å². The lowest BCUT2D eigenvalue weighted by molar-refractivity contribution is 0.340. The van der Waals surface area contributed by atoms with Crippen LogP contribution in [0.4, 0.5) is 0 Å². The van der Waals surface area contributed by atoms with E-state index in [2.05, 4.69) is 5.32 Å². The van der Waals surface area contributed by atoms with E-state index >= 15 is 0 Å². The van der Waals surface area contributed by atoms with Gasteiger partial charge in [0.1, 0.15) is 5.75 Å². The highest BCUT2D eigenvalue weighted by atomic mass is 32.2. The Hall–Kier alpha value is -1.90. The highest BCUT2D eigenvalue weighted by molar-refractivity contribution is 7.96. The molecule has 8 heteroatoms. The third-order valence-electron chi connectivity index (χ3n) is 4.83. The monoisotopic (exact) mass is 423 g/mol. The molecule has 0 saturated carbocycles. The average molecular weight is 424 g/mol. The summed E-state index contributed by atoms with van der Waals surface area (Å²) in [6, 6.07) is 15.3. The molecule has 2 aromatic rings. The molecular formula is C20H25NO5S2. The summed E-state index contributed by atoms with van der Waals surface area (Å²) in [5.41, 5.74) is 1.11. The number of hydrogen-bond acceptors (Lipinski definition) is 6. The Kier molecular flexibility index (Phi) is 6.42. The van der Waals surface area contributed by atoms with Gasteiger partial charge in [-0.2, -0.15) is 0 Å². The van der Waals surface area contributed by atoms with Crippen molar-refractivity contribution in [2.45, 2.75) is 29.5 Å². The van der Waals surface area contributed by atoms with Crippen LogP contribution in [0.3, 0.4) is 0 Å². The van der Waals surface area contributed by atoms with E-state index in [9.17, 15) is 16.8 Å². The topological polar surface area (TPSA) is 89.5 Å². The molecule has 0 aliphatic carbocycles. The van der Waals surface area contributed by atoms with Gasteiger partial charge in [0.2, 0.25) is 0 Å². The first kappa shape index (κ1) is 20.8. The van der Waals surface area contributed by atoms with Crippen molar-refractivity contribution in [3.63, 3.8) is 0 Å². The van der Waals surface area contributed by atoms with Gasteiger partial charge < -0.3 is 10.1 Å². The predicted octanol–water partition coefficient (Wildman–Crippen LogP) is 1.86. The molecule has 152 valence electrons. The summed E-state index contributed by atoms with van der Waals surface area (Å²) >= 11 is 0. The predicted molar refractivity (Wildman–Crippen MR) is 109 cm³/mol. The lowest BCUT2D eigenvalue weighted by Crippen LogP contribution is -2.44. The van der Waals surface area contributed by atoms with Gasteiger partial charge in [0.15, 0.2) is 19.7 Å². The summed E-state index contributed by atoms with van der Waals surface area (Å²) in [7, 11) is -7.20. The summed E-state index contributed by atoms with van der Waals surface area (Å²) in [4.78, 5) is 0.118. The summed E-state index contributed by atoms with van der Waals surface area (Å²) in [6.07, 6.45) is 0.702. The molecule has 0 amide bonds. The van der Waals surface area contributed by atoms with Crippen LogP contribution in [-0.2, 0) is 26.1 Å². The summed E-state index contributed by atoms with van der Waals surface area (Å²) in [6.45, 7) is 2.85. The highest BCUT2D eigenvalue weighted by Gasteiger charge is 2.45. The van der Waals surface area contributed by atoms with Gasteiger partial charge in [0.05, 0.1) is 28.3 Å². The molecule has 2 aromatic carbocycles. The summed E-state index contributed by atoms with van der Waals surface area (Å²) < 4.78 is 55.9. The van der Waals surface area contributed by atoms with E-state index in [1.807, 2.05) is 37.3 Å². The molecule has 3 rings (SSSR count). The fraction of sp³-hybridized carbons (Fsp3) is 0.400. The van der Waals surface area contributed by atoms with Crippen LogP contribution in [0, 0.1) is 0 Å². The van der Waals surface area contributed by atoms with E-state index in [4.69, 9.17) is 4.74 Å². The molecule has 2 unspecified atom stereocenters. The van der Waals surface area contributed by atoms with Gasteiger partial charge in [-0.15, -0.1) is 0 Å². The molecule has 0 radical (unpaired) electrons. The number of sulfone groups is 2. The van der Waals surface area contributed by atoms with E-state index in [0.717, 1.165) is 5.56 Å². The molecule has 1 fully saturated rings. The molecule has 1 aliphatic heterocycles. The Balaban J connectivity index is 1.74. The molecule has 1 aliphatic rings. The number of rotatable bonds is 8. The van der Waals surface area contributed by atoms with Crippen LogP contribution in [0.5, 0.6) is 5.75 Å². The van der Waals surface area contributed by atoms with Crippen LogP contribution in [-0.4, -0.2) is 52.8 Å². The van der Waals surface area contributed by atoms with Crippen LogP contribution < -0.4 is 10.1 Å². The standard InChI is InChI=1S/C20H25NO5S2/c1-2-26-17-8-10-18(11-9-17)28(24,25)20-15-27(22,23)14-19(20)21-13-12-16-6-4-3-5-7-16/h3-11,19-21H,2,12-15H2,1H3. The Morgan fingerprint density at radius 1 is 1.04 bits per heavy atom. The quantitative estimate of drug-likeness (QED) is 0.697. The van der Waals surface area contributed by atoms with Gasteiger partial charge in [0.25, 0.3) is 0 Å².